The van der Waals surface area contributed by atoms with Crippen molar-refractivity contribution >= 4 is 27.5 Å². The van der Waals surface area contributed by atoms with Crippen molar-refractivity contribution in [2.45, 2.75) is 63.6 Å². The maximum atomic E-state index is 6.26. The summed E-state index contributed by atoms with van der Waals surface area (Å²) in [4.78, 5) is 9.17. The summed E-state index contributed by atoms with van der Waals surface area (Å²) in [6, 6.07) is 0. The number of rotatable bonds is 2. The monoisotopic (exact) mass is 344 g/mol. The topological polar surface area (TPSA) is 35.0 Å². The van der Waals surface area contributed by atoms with Crippen LogP contribution < -0.4 is 0 Å². The first-order chi connectivity index (χ1) is 9.15. The second-order valence-electron chi connectivity index (χ2n) is 5.57. The normalized spacial score (nSPS) is 28.2. The van der Waals surface area contributed by atoms with Gasteiger partial charge in [-0.2, -0.15) is 0 Å². The molecule has 1 aliphatic carbocycles. The zero-order valence-electron chi connectivity index (χ0n) is 11.0. The van der Waals surface area contributed by atoms with Gasteiger partial charge < -0.3 is 4.74 Å². The van der Waals surface area contributed by atoms with Crippen molar-refractivity contribution in [1.82, 2.24) is 9.97 Å². The van der Waals surface area contributed by atoms with Gasteiger partial charge in [-0.25, -0.2) is 9.97 Å². The van der Waals surface area contributed by atoms with Crippen LogP contribution in [0, 0.1) is 0 Å². The van der Waals surface area contributed by atoms with E-state index in [9.17, 15) is 0 Å². The summed E-state index contributed by atoms with van der Waals surface area (Å²) in [5.41, 5.74) is 1.08. The zero-order valence-corrected chi connectivity index (χ0v) is 13.4. The van der Waals surface area contributed by atoms with Gasteiger partial charge in [0.15, 0.2) is 5.82 Å². The number of nitrogens with zero attached hydrogens (tertiary/aromatic N) is 2. The van der Waals surface area contributed by atoms with Gasteiger partial charge in [0.05, 0.1) is 16.3 Å². The molecule has 3 nitrogen and oxygen atoms in total. The van der Waals surface area contributed by atoms with Crippen molar-refractivity contribution < 1.29 is 4.74 Å². The van der Waals surface area contributed by atoms with Crippen LogP contribution in [-0.4, -0.2) is 16.1 Å². The first kappa shape index (κ1) is 13.8. The van der Waals surface area contributed by atoms with E-state index in [2.05, 4.69) is 27.8 Å². The van der Waals surface area contributed by atoms with E-state index < -0.39 is 0 Å². The van der Waals surface area contributed by atoms with Gasteiger partial charge in [-0.15, -0.1) is 0 Å². The number of aromatic nitrogens is 2. The lowest BCUT2D eigenvalue weighted by Crippen LogP contribution is -2.10. The molecule has 1 saturated carbocycles. The van der Waals surface area contributed by atoms with Gasteiger partial charge in [-0.05, 0) is 48.5 Å². The Hall–Kier alpha value is -0.190. The minimum Gasteiger partial charge on any atom is -0.367 e. The Labute approximate surface area is 127 Å². The number of hydrogen-bond acceptors (Lipinski definition) is 3. The molecule has 104 valence electrons. The van der Waals surface area contributed by atoms with E-state index in [0.717, 1.165) is 28.8 Å². The van der Waals surface area contributed by atoms with Crippen molar-refractivity contribution in [3.05, 3.63) is 21.1 Å². The van der Waals surface area contributed by atoms with Crippen LogP contribution in [0.4, 0.5) is 0 Å². The molecule has 2 heterocycles. The van der Waals surface area contributed by atoms with E-state index >= 15 is 0 Å². The van der Waals surface area contributed by atoms with Crippen molar-refractivity contribution in [2.24, 2.45) is 0 Å². The van der Waals surface area contributed by atoms with Gasteiger partial charge >= 0.3 is 0 Å². The number of halogens is 2. The molecule has 2 unspecified atom stereocenters. The molecule has 1 saturated heterocycles. The van der Waals surface area contributed by atoms with E-state index in [-0.39, 0.29) is 6.10 Å². The van der Waals surface area contributed by atoms with E-state index in [4.69, 9.17) is 21.3 Å². The third-order valence-electron chi connectivity index (χ3n) is 4.12. The molecule has 0 radical (unpaired) electrons. The van der Waals surface area contributed by atoms with Gasteiger partial charge in [-0.3, -0.25) is 0 Å². The van der Waals surface area contributed by atoms with Gasteiger partial charge in [0.2, 0.25) is 0 Å². The molecule has 0 N–H and O–H groups in total. The minimum atomic E-state index is 0.0146. The molecule has 0 bridgehead atoms. The fraction of sp³-hybridized carbons (Fsp3) is 0.714. The highest BCUT2D eigenvalue weighted by molar-refractivity contribution is 9.10. The van der Waals surface area contributed by atoms with Gasteiger partial charge in [-0.1, -0.05) is 24.4 Å². The van der Waals surface area contributed by atoms with E-state index in [1.54, 1.807) is 0 Å². The Morgan fingerprint density at radius 1 is 1.16 bits per heavy atom. The van der Waals surface area contributed by atoms with Gasteiger partial charge in [0, 0.05) is 5.92 Å². The van der Waals surface area contributed by atoms with Crippen molar-refractivity contribution in [2.75, 3.05) is 0 Å². The van der Waals surface area contributed by atoms with Crippen molar-refractivity contribution in [3.63, 3.8) is 0 Å². The van der Waals surface area contributed by atoms with Gasteiger partial charge in [0.1, 0.15) is 11.3 Å². The Bertz CT molecular complexity index is 477. The molecule has 5 heteroatoms. The molecule has 1 aliphatic heterocycles. The summed E-state index contributed by atoms with van der Waals surface area (Å²) in [7, 11) is 0. The first-order valence-electron chi connectivity index (χ1n) is 7.03. The Kier molecular flexibility index (Phi) is 4.11. The van der Waals surface area contributed by atoms with Crippen molar-refractivity contribution in [3.8, 4) is 0 Å². The lowest BCUT2D eigenvalue weighted by atomic mass is 10.0. The molecule has 1 aromatic heterocycles. The van der Waals surface area contributed by atoms with Crippen LogP contribution in [0.5, 0.6) is 0 Å². The molecular formula is C14H18BrClN2O. The third kappa shape index (κ3) is 2.81. The highest BCUT2D eigenvalue weighted by Crippen LogP contribution is 2.40. The van der Waals surface area contributed by atoms with Crippen LogP contribution in [0.25, 0.3) is 0 Å². The maximum absolute atomic E-state index is 6.26. The van der Waals surface area contributed by atoms with Crippen LogP contribution in [0.1, 0.15) is 69.0 Å². The molecule has 1 aromatic rings. The summed E-state index contributed by atoms with van der Waals surface area (Å²) in [6.45, 7) is 2.10. The summed E-state index contributed by atoms with van der Waals surface area (Å²) in [5, 5.41) is 0.523. The first-order valence-corrected chi connectivity index (χ1v) is 8.20. The zero-order chi connectivity index (χ0) is 13.4. The molecule has 19 heavy (non-hydrogen) atoms. The third-order valence-corrected chi connectivity index (χ3v) is 5.40. The van der Waals surface area contributed by atoms with Crippen LogP contribution in [0.15, 0.2) is 4.47 Å². The van der Waals surface area contributed by atoms with Crippen molar-refractivity contribution in [1.29, 1.82) is 0 Å². The lowest BCUT2D eigenvalue weighted by molar-refractivity contribution is 0.0501. The van der Waals surface area contributed by atoms with E-state index in [1.165, 1.54) is 25.7 Å². The average Bonchev–Trinajstić information content (AvgIpc) is 3.03. The molecule has 0 spiro atoms. The maximum Gasteiger partial charge on any atom is 0.159 e. The number of ether oxygens (including phenoxy) is 1. The smallest absolute Gasteiger partial charge is 0.159 e. The average molecular weight is 346 g/mol. The molecule has 2 atom stereocenters. The summed E-state index contributed by atoms with van der Waals surface area (Å²) in [5.74, 6) is 1.28. The second-order valence-corrected chi connectivity index (χ2v) is 6.72. The van der Waals surface area contributed by atoms with Gasteiger partial charge in [0.25, 0.3) is 0 Å². The Balaban J connectivity index is 1.93. The Morgan fingerprint density at radius 2 is 1.89 bits per heavy atom. The minimum absolute atomic E-state index is 0.0146. The van der Waals surface area contributed by atoms with E-state index in [1.807, 2.05) is 0 Å². The summed E-state index contributed by atoms with van der Waals surface area (Å²) in [6.07, 6.45) is 7.34. The SMILES string of the molecule is CC1CCC(c2nc(Cl)c(Br)c(C3CCCC3)n2)O1. The molecule has 3 rings (SSSR count). The van der Waals surface area contributed by atoms with Crippen LogP contribution >= 0.6 is 27.5 Å². The molecule has 2 fully saturated rings. The van der Waals surface area contributed by atoms with Crippen LogP contribution in [-0.2, 0) is 4.74 Å². The highest BCUT2D eigenvalue weighted by atomic mass is 79.9. The summed E-state index contributed by atoms with van der Waals surface area (Å²) < 4.78 is 6.73. The second kappa shape index (κ2) is 5.66. The quantitative estimate of drug-likeness (QED) is 0.723. The standard InChI is InChI=1S/C14H18BrClN2O/c1-8-6-7-10(19-8)14-17-12(9-4-2-3-5-9)11(15)13(16)18-14/h8-10H,2-7H2,1H3. The predicted octanol–water partition coefficient (Wildman–Crippen LogP) is 4.79. The fourth-order valence-electron chi connectivity index (χ4n) is 3.06. The fourth-order valence-corrected chi connectivity index (χ4v) is 3.74. The predicted molar refractivity (Wildman–Crippen MR) is 78.5 cm³/mol. The van der Waals surface area contributed by atoms with Crippen LogP contribution in [0.2, 0.25) is 5.15 Å². The molecule has 0 aromatic carbocycles. The molecule has 0 amide bonds. The lowest BCUT2D eigenvalue weighted by Gasteiger charge is -2.16. The number of hydrogen-bond donors (Lipinski definition) is 0. The largest absolute Gasteiger partial charge is 0.367 e. The molecular weight excluding hydrogens is 328 g/mol. The molecule has 2 aliphatic rings. The summed E-state index contributed by atoms with van der Waals surface area (Å²) >= 11 is 9.81. The van der Waals surface area contributed by atoms with Crippen LogP contribution in [0.3, 0.4) is 0 Å². The highest BCUT2D eigenvalue weighted by Gasteiger charge is 2.29. The Morgan fingerprint density at radius 3 is 2.53 bits per heavy atom. The van der Waals surface area contributed by atoms with E-state index in [0.29, 0.717) is 17.2 Å².